The second-order valence-corrected chi connectivity index (χ2v) is 5.45. The first kappa shape index (κ1) is 15.2. The standard InChI is InChI=1S/C14H20BrNO2/c1-11(2)16(8-9-17)14(18)7-6-12-4-3-5-13(15)10-12/h3-5,10-11,17H,6-9H2,1-2H3. The number of carbonyl (C=O) groups excluding carboxylic acids is 1. The quantitative estimate of drug-likeness (QED) is 0.877. The minimum absolute atomic E-state index is 0.0147. The van der Waals surface area contributed by atoms with E-state index in [1.165, 1.54) is 0 Å². The molecule has 0 bridgehead atoms. The first-order valence-electron chi connectivity index (χ1n) is 6.19. The molecule has 4 heteroatoms. The molecule has 1 aromatic carbocycles. The maximum absolute atomic E-state index is 12.0. The Kier molecular flexibility index (Phi) is 6.36. The van der Waals surface area contributed by atoms with E-state index in [-0.39, 0.29) is 18.6 Å². The van der Waals surface area contributed by atoms with Gasteiger partial charge in [0.1, 0.15) is 0 Å². The van der Waals surface area contributed by atoms with E-state index in [2.05, 4.69) is 15.9 Å². The summed E-state index contributed by atoms with van der Waals surface area (Å²) in [6, 6.07) is 8.12. The molecule has 0 aliphatic heterocycles. The Hall–Kier alpha value is -0.870. The molecule has 0 spiro atoms. The Bertz CT molecular complexity index is 393. The van der Waals surface area contributed by atoms with Crippen molar-refractivity contribution >= 4 is 21.8 Å². The van der Waals surface area contributed by atoms with E-state index in [0.717, 1.165) is 16.5 Å². The van der Waals surface area contributed by atoms with Crippen molar-refractivity contribution in [2.24, 2.45) is 0 Å². The molecule has 100 valence electrons. The summed E-state index contributed by atoms with van der Waals surface area (Å²) < 4.78 is 1.03. The fourth-order valence-electron chi connectivity index (χ4n) is 1.87. The number of benzene rings is 1. The van der Waals surface area contributed by atoms with Gasteiger partial charge in [-0.15, -0.1) is 0 Å². The van der Waals surface area contributed by atoms with Crippen molar-refractivity contribution in [3.05, 3.63) is 34.3 Å². The highest BCUT2D eigenvalue weighted by molar-refractivity contribution is 9.10. The highest BCUT2D eigenvalue weighted by Gasteiger charge is 2.15. The molecular weight excluding hydrogens is 294 g/mol. The number of carbonyl (C=O) groups is 1. The lowest BCUT2D eigenvalue weighted by atomic mass is 10.1. The number of aliphatic hydroxyl groups is 1. The third kappa shape index (κ3) is 4.78. The highest BCUT2D eigenvalue weighted by Crippen LogP contribution is 2.14. The van der Waals surface area contributed by atoms with Crippen LogP contribution in [0.1, 0.15) is 25.8 Å². The van der Waals surface area contributed by atoms with Gasteiger partial charge >= 0.3 is 0 Å². The van der Waals surface area contributed by atoms with Gasteiger partial charge in [0.05, 0.1) is 6.61 Å². The zero-order chi connectivity index (χ0) is 13.5. The van der Waals surface area contributed by atoms with Gasteiger partial charge in [-0.3, -0.25) is 4.79 Å². The van der Waals surface area contributed by atoms with Crippen LogP contribution < -0.4 is 0 Å². The molecule has 0 aliphatic carbocycles. The minimum Gasteiger partial charge on any atom is -0.395 e. The molecule has 1 N–H and O–H groups in total. The number of amides is 1. The molecule has 0 fully saturated rings. The van der Waals surface area contributed by atoms with Crippen LogP contribution in [0.3, 0.4) is 0 Å². The lowest BCUT2D eigenvalue weighted by Gasteiger charge is -2.26. The van der Waals surface area contributed by atoms with Crippen LogP contribution in [0.25, 0.3) is 0 Å². The van der Waals surface area contributed by atoms with Crippen molar-refractivity contribution < 1.29 is 9.90 Å². The average molecular weight is 314 g/mol. The zero-order valence-electron chi connectivity index (χ0n) is 10.9. The van der Waals surface area contributed by atoms with Gasteiger partial charge in [0.2, 0.25) is 5.91 Å². The second kappa shape index (κ2) is 7.54. The number of hydrogen-bond donors (Lipinski definition) is 1. The Labute approximate surface area is 117 Å². The van der Waals surface area contributed by atoms with Gasteiger partial charge in [0.15, 0.2) is 0 Å². The van der Waals surface area contributed by atoms with Crippen LogP contribution in [0.15, 0.2) is 28.7 Å². The molecule has 0 atom stereocenters. The van der Waals surface area contributed by atoms with Gasteiger partial charge in [-0.05, 0) is 38.0 Å². The van der Waals surface area contributed by atoms with Crippen molar-refractivity contribution in [1.82, 2.24) is 4.90 Å². The Morgan fingerprint density at radius 1 is 1.44 bits per heavy atom. The van der Waals surface area contributed by atoms with Gasteiger partial charge < -0.3 is 10.0 Å². The fraction of sp³-hybridized carbons (Fsp3) is 0.500. The van der Waals surface area contributed by atoms with Gasteiger partial charge in [0, 0.05) is 23.5 Å². The smallest absolute Gasteiger partial charge is 0.223 e. The first-order chi connectivity index (χ1) is 8.54. The van der Waals surface area contributed by atoms with E-state index in [1.807, 2.05) is 38.1 Å². The number of aliphatic hydroxyl groups excluding tert-OH is 1. The molecular formula is C14H20BrNO2. The lowest BCUT2D eigenvalue weighted by molar-refractivity contribution is -0.133. The Balaban J connectivity index is 2.54. The maximum Gasteiger partial charge on any atom is 0.223 e. The van der Waals surface area contributed by atoms with Gasteiger partial charge in [-0.25, -0.2) is 0 Å². The molecule has 1 amide bonds. The van der Waals surface area contributed by atoms with E-state index in [9.17, 15) is 4.79 Å². The summed E-state index contributed by atoms with van der Waals surface area (Å²) in [5.41, 5.74) is 1.14. The number of nitrogens with zero attached hydrogens (tertiary/aromatic N) is 1. The van der Waals surface area contributed by atoms with E-state index in [1.54, 1.807) is 4.90 Å². The Morgan fingerprint density at radius 3 is 2.72 bits per heavy atom. The van der Waals surface area contributed by atoms with Crippen molar-refractivity contribution in [3.8, 4) is 0 Å². The molecule has 1 aromatic rings. The summed E-state index contributed by atoms with van der Waals surface area (Å²) in [7, 11) is 0. The van der Waals surface area contributed by atoms with Crippen LogP contribution in [0.2, 0.25) is 0 Å². The van der Waals surface area contributed by atoms with E-state index < -0.39 is 0 Å². The fourth-order valence-corrected chi connectivity index (χ4v) is 2.31. The molecule has 0 heterocycles. The van der Waals surface area contributed by atoms with Gasteiger partial charge in [-0.2, -0.15) is 0 Å². The largest absolute Gasteiger partial charge is 0.395 e. The summed E-state index contributed by atoms with van der Waals surface area (Å²) in [6.07, 6.45) is 1.21. The molecule has 0 aliphatic rings. The first-order valence-corrected chi connectivity index (χ1v) is 6.98. The van der Waals surface area contributed by atoms with Crippen LogP contribution in [0.4, 0.5) is 0 Å². The molecule has 3 nitrogen and oxygen atoms in total. The van der Waals surface area contributed by atoms with Crippen molar-refractivity contribution in [2.75, 3.05) is 13.2 Å². The van der Waals surface area contributed by atoms with Crippen LogP contribution in [0, 0.1) is 0 Å². The summed E-state index contributed by atoms with van der Waals surface area (Å²) in [6.45, 7) is 4.36. The number of aryl methyl sites for hydroxylation is 1. The molecule has 0 radical (unpaired) electrons. The minimum atomic E-state index is 0.0147. The monoisotopic (exact) mass is 313 g/mol. The molecule has 1 rings (SSSR count). The summed E-state index contributed by atoms with van der Waals surface area (Å²) in [5, 5.41) is 8.96. The van der Waals surface area contributed by atoms with Crippen molar-refractivity contribution in [3.63, 3.8) is 0 Å². The maximum atomic E-state index is 12.0. The SMILES string of the molecule is CC(C)N(CCO)C(=O)CCc1cccc(Br)c1. The predicted molar refractivity (Wildman–Crippen MR) is 76.4 cm³/mol. The van der Waals surface area contributed by atoms with Gasteiger partial charge in [-0.1, -0.05) is 28.1 Å². The zero-order valence-corrected chi connectivity index (χ0v) is 12.5. The van der Waals surface area contributed by atoms with Crippen LogP contribution in [-0.2, 0) is 11.2 Å². The summed E-state index contributed by atoms with van der Waals surface area (Å²) >= 11 is 3.42. The summed E-state index contributed by atoms with van der Waals surface area (Å²) in [4.78, 5) is 13.8. The molecule has 0 unspecified atom stereocenters. The second-order valence-electron chi connectivity index (χ2n) is 4.53. The van der Waals surface area contributed by atoms with E-state index in [0.29, 0.717) is 13.0 Å². The van der Waals surface area contributed by atoms with Crippen LogP contribution in [0.5, 0.6) is 0 Å². The van der Waals surface area contributed by atoms with Gasteiger partial charge in [0.25, 0.3) is 0 Å². The van der Waals surface area contributed by atoms with Crippen LogP contribution >= 0.6 is 15.9 Å². The molecule has 0 aromatic heterocycles. The lowest BCUT2D eigenvalue weighted by Crippen LogP contribution is -2.39. The number of halogens is 1. The molecule has 0 saturated heterocycles. The average Bonchev–Trinajstić information content (AvgIpc) is 2.32. The molecule has 18 heavy (non-hydrogen) atoms. The van der Waals surface area contributed by atoms with Crippen LogP contribution in [-0.4, -0.2) is 35.1 Å². The highest BCUT2D eigenvalue weighted by atomic mass is 79.9. The third-order valence-electron chi connectivity index (χ3n) is 2.80. The molecule has 0 saturated carbocycles. The predicted octanol–water partition coefficient (Wildman–Crippen LogP) is 2.61. The normalized spacial score (nSPS) is 10.7. The van der Waals surface area contributed by atoms with Crippen molar-refractivity contribution in [2.45, 2.75) is 32.7 Å². The summed E-state index contributed by atoms with van der Waals surface area (Å²) in [5.74, 6) is 0.0963. The third-order valence-corrected chi connectivity index (χ3v) is 3.29. The van der Waals surface area contributed by atoms with E-state index in [4.69, 9.17) is 5.11 Å². The number of rotatable bonds is 6. The number of hydrogen-bond acceptors (Lipinski definition) is 2. The van der Waals surface area contributed by atoms with Crippen molar-refractivity contribution in [1.29, 1.82) is 0 Å². The Morgan fingerprint density at radius 2 is 2.17 bits per heavy atom. The van der Waals surface area contributed by atoms with E-state index >= 15 is 0 Å². The topological polar surface area (TPSA) is 40.5 Å².